The van der Waals surface area contributed by atoms with Gasteiger partial charge < -0.3 is 10.2 Å². The van der Waals surface area contributed by atoms with Gasteiger partial charge in [-0.3, -0.25) is 10.4 Å². The third-order valence-corrected chi connectivity index (χ3v) is 3.11. The van der Waals surface area contributed by atoms with Crippen LogP contribution in [0.15, 0.2) is 11.3 Å². The maximum Gasteiger partial charge on any atom is 0.200 e. The number of benzene rings is 1. The molecular weight excluding hydrogens is 337 g/mol. The average molecular weight is 347 g/mol. The lowest BCUT2D eigenvalue weighted by Gasteiger charge is -2.09. The number of pyridine rings is 1. The van der Waals surface area contributed by atoms with Crippen LogP contribution < -0.4 is 5.43 Å². The predicted octanol–water partition coefficient (Wildman–Crippen LogP) is 2.73. The summed E-state index contributed by atoms with van der Waals surface area (Å²) < 4.78 is 65.9. The lowest BCUT2D eigenvalue weighted by molar-refractivity contribution is 0.280. The second-order valence-electron chi connectivity index (χ2n) is 4.60. The van der Waals surface area contributed by atoms with Crippen molar-refractivity contribution in [3.8, 4) is 5.75 Å². The summed E-state index contributed by atoms with van der Waals surface area (Å²) in [6.45, 7) is 0.927. The molecule has 0 aliphatic carbocycles. The lowest BCUT2D eigenvalue weighted by atomic mass is 10.1. The number of aliphatic hydroxyl groups is 1. The number of hydrogen-bond acceptors (Lipinski definition) is 5. The SMILES string of the molecule is Cc1ncc(CO)c(C=NNc2c(F)c(F)c(F)c(F)c2F)c1O. The van der Waals surface area contributed by atoms with Crippen LogP contribution >= 0.6 is 0 Å². The van der Waals surface area contributed by atoms with Crippen molar-refractivity contribution in [2.75, 3.05) is 5.43 Å². The highest BCUT2D eigenvalue weighted by Gasteiger charge is 2.25. The van der Waals surface area contributed by atoms with Gasteiger partial charge in [0.2, 0.25) is 5.82 Å². The summed E-state index contributed by atoms with van der Waals surface area (Å²) in [5.41, 5.74) is 0.646. The van der Waals surface area contributed by atoms with Crippen molar-refractivity contribution in [2.24, 2.45) is 5.10 Å². The highest BCUT2D eigenvalue weighted by molar-refractivity contribution is 5.86. The Morgan fingerprint density at radius 2 is 1.62 bits per heavy atom. The first-order valence-electron chi connectivity index (χ1n) is 6.38. The number of nitrogens with zero attached hydrogens (tertiary/aromatic N) is 2. The number of aromatic nitrogens is 1. The lowest BCUT2D eigenvalue weighted by Crippen LogP contribution is -2.07. The molecule has 0 fully saturated rings. The summed E-state index contributed by atoms with van der Waals surface area (Å²) >= 11 is 0. The van der Waals surface area contributed by atoms with E-state index in [1.54, 1.807) is 5.43 Å². The van der Waals surface area contributed by atoms with Crippen molar-refractivity contribution in [3.63, 3.8) is 0 Å². The van der Waals surface area contributed by atoms with Crippen LogP contribution in [-0.2, 0) is 6.61 Å². The zero-order valence-corrected chi connectivity index (χ0v) is 12.0. The van der Waals surface area contributed by atoms with E-state index in [1.165, 1.54) is 13.1 Å². The summed E-state index contributed by atoms with van der Waals surface area (Å²) in [7, 11) is 0. The second-order valence-corrected chi connectivity index (χ2v) is 4.60. The van der Waals surface area contributed by atoms with E-state index >= 15 is 0 Å². The Morgan fingerprint density at radius 1 is 1.08 bits per heavy atom. The maximum absolute atomic E-state index is 13.5. The van der Waals surface area contributed by atoms with Crippen molar-refractivity contribution in [2.45, 2.75) is 13.5 Å². The van der Waals surface area contributed by atoms with Crippen LogP contribution in [0.3, 0.4) is 0 Å². The van der Waals surface area contributed by atoms with Gasteiger partial charge in [-0.15, -0.1) is 0 Å². The van der Waals surface area contributed by atoms with Crippen molar-refractivity contribution in [3.05, 3.63) is 52.1 Å². The summed E-state index contributed by atoms with van der Waals surface area (Å²) in [4.78, 5) is 3.78. The van der Waals surface area contributed by atoms with Gasteiger partial charge in [-0.05, 0) is 6.92 Å². The Bertz CT molecular complexity index is 798. The highest BCUT2D eigenvalue weighted by atomic mass is 19.2. The number of aliphatic hydroxyl groups excluding tert-OH is 1. The molecule has 0 saturated carbocycles. The number of hydrazone groups is 1. The maximum atomic E-state index is 13.5. The molecule has 10 heteroatoms. The van der Waals surface area contributed by atoms with Gasteiger partial charge >= 0.3 is 0 Å². The summed E-state index contributed by atoms with van der Waals surface area (Å²) in [6, 6.07) is 0. The summed E-state index contributed by atoms with van der Waals surface area (Å²) in [5.74, 6) is -11.0. The molecule has 0 bridgehead atoms. The second kappa shape index (κ2) is 6.79. The Hall–Kier alpha value is -2.75. The van der Waals surface area contributed by atoms with Crippen LogP contribution in [0.1, 0.15) is 16.8 Å². The highest BCUT2D eigenvalue weighted by Crippen LogP contribution is 2.27. The van der Waals surface area contributed by atoms with E-state index in [1.807, 2.05) is 0 Å². The van der Waals surface area contributed by atoms with Gasteiger partial charge in [0.1, 0.15) is 11.4 Å². The van der Waals surface area contributed by atoms with Crippen molar-refractivity contribution < 1.29 is 32.2 Å². The van der Waals surface area contributed by atoms with Gasteiger partial charge in [-0.25, -0.2) is 22.0 Å². The number of anilines is 1. The summed E-state index contributed by atoms with van der Waals surface area (Å²) in [5, 5.41) is 22.3. The average Bonchev–Trinajstić information content (AvgIpc) is 2.58. The molecule has 24 heavy (non-hydrogen) atoms. The fourth-order valence-corrected chi connectivity index (χ4v) is 1.79. The molecule has 5 nitrogen and oxygen atoms in total. The van der Waals surface area contributed by atoms with E-state index < -0.39 is 41.4 Å². The fraction of sp³-hybridized carbons (Fsp3) is 0.143. The molecule has 128 valence electrons. The van der Waals surface area contributed by atoms with E-state index in [0.717, 1.165) is 6.21 Å². The monoisotopic (exact) mass is 347 g/mol. The number of rotatable bonds is 4. The molecule has 0 unspecified atom stereocenters. The van der Waals surface area contributed by atoms with Crippen LogP contribution in [0, 0.1) is 36.0 Å². The van der Waals surface area contributed by atoms with E-state index in [4.69, 9.17) is 5.11 Å². The Kier molecular flexibility index (Phi) is 4.98. The van der Waals surface area contributed by atoms with E-state index in [2.05, 4.69) is 10.1 Å². The predicted molar refractivity (Wildman–Crippen MR) is 74.0 cm³/mol. The molecule has 1 heterocycles. The molecule has 0 amide bonds. The number of hydrogen-bond donors (Lipinski definition) is 3. The molecule has 1 aromatic carbocycles. The summed E-state index contributed by atoms with van der Waals surface area (Å²) in [6.07, 6.45) is 2.09. The molecule has 3 N–H and O–H groups in total. The first kappa shape index (κ1) is 17.6. The Morgan fingerprint density at radius 3 is 2.17 bits per heavy atom. The van der Waals surface area contributed by atoms with Crippen molar-refractivity contribution in [1.82, 2.24) is 4.98 Å². The Balaban J connectivity index is 2.40. The molecular formula is C14H10F5N3O2. The third kappa shape index (κ3) is 3.00. The van der Waals surface area contributed by atoms with Crippen LogP contribution in [0.5, 0.6) is 5.75 Å². The molecule has 0 atom stereocenters. The van der Waals surface area contributed by atoms with E-state index in [9.17, 15) is 27.1 Å². The number of nitrogens with one attached hydrogen (secondary N) is 1. The normalized spacial score (nSPS) is 11.3. The van der Waals surface area contributed by atoms with Gasteiger partial charge in [0, 0.05) is 17.3 Å². The minimum absolute atomic E-state index is 0.0265. The molecule has 0 radical (unpaired) electrons. The molecule has 0 saturated heterocycles. The first-order chi connectivity index (χ1) is 11.3. The first-order valence-corrected chi connectivity index (χ1v) is 6.38. The van der Waals surface area contributed by atoms with Gasteiger partial charge in [0.25, 0.3) is 0 Å². The smallest absolute Gasteiger partial charge is 0.200 e. The standard InChI is InChI=1S/C14H10F5N3O2/c1-5-14(24)7(6(4-23)2-20-5)3-21-22-13-11(18)9(16)8(15)10(17)12(13)19/h2-3,22-24H,4H2,1H3. The van der Waals surface area contributed by atoms with Crippen LogP contribution in [-0.4, -0.2) is 21.4 Å². The Labute approximate surface area is 132 Å². The number of halogens is 5. The van der Waals surface area contributed by atoms with Crippen LogP contribution in [0.25, 0.3) is 0 Å². The van der Waals surface area contributed by atoms with Gasteiger partial charge in [0.05, 0.1) is 18.5 Å². The van der Waals surface area contributed by atoms with Crippen molar-refractivity contribution in [1.29, 1.82) is 0 Å². The molecule has 0 spiro atoms. The zero-order chi connectivity index (χ0) is 18.0. The van der Waals surface area contributed by atoms with Crippen molar-refractivity contribution >= 4 is 11.9 Å². The number of aromatic hydroxyl groups is 1. The number of aryl methyl sites for hydroxylation is 1. The molecule has 0 aliphatic heterocycles. The molecule has 0 aliphatic rings. The zero-order valence-electron chi connectivity index (χ0n) is 12.0. The van der Waals surface area contributed by atoms with Gasteiger partial charge in [-0.2, -0.15) is 5.10 Å². The minimum Gasteiger partial charge on any atom is -0.505 e. The minimum atomic E-state index is -2.29. The largest absolute Gasteiger partial charge is 0.505 e. The quantitative estimate of drug-likeness (QED) is 0.261. The van der Waals surface area contributed by atoms with E-state index in [-0.39, 0.29) is 22.6 Å². The molecule has 1 aromatic heterocycles. The third-order valence-electron chi connectivity index (χ3n) is 3.11. The van der Waals surface area contributed by atoms with Crippen LogP contribution in [0.2, 0.25) is 0 Å². The van der Waals surface area contributed by atoms with Gasteiger partial charge in [-0.1, -0.05) is 0 Å². The van der Waals surface area contributed by atoms with Gasteiger partial charge in [0.15, 0.2) is 23.3 Å². The van der Waals surface area contributed by atoms with E-state index in [0.29, 0.717) is 0 Å². The fourth-order valence-electron chi connectivity index (χ4n) is 1.79. The molecule has 2 rings (SSSR count). The van der Waals surface area contributed by atoms with Crippen LogP contribution in [0.4, 0.5) is 27.6 Å². The molecule has 2 aromatic rings. The topological polar surface area (TPSA) is 77.7 Å².